The molecule has 0 radical (unpaired) electrons. The van der Waals surface area contributed by atoms with Crippen molar-refractivity contribution in [1.29, 1.82) is 0 Å². The zero-order valence-electron chi connectivity index (χ0n) is 9.19. The van der Waals surface area contributed by atoms with E-state index >= 15 is 0 Å². The van der Waals surface area contributed by atoms with Crippen molar-refractivity contribution in [2.75, 3.05) is 0 Å². The van der Waals surface area contributed by atoms with Gasteiger partial charge in [0.15, 0.2) is 5.78 Å². The average molecular weight is 220 g/mol. The molecule has 0 N–H and O–H groups in total. The van der Waals surface area contributed by atoms with Gasteiger partial charge in [0.05, 0.1) is 0 Å². The Labute approximate surface area is 95.3 Å². The lowest BCUT2D eigenvalue weighted by Gasteiger charge is -2.06. The smallest absolute Gasteiger partial charge is 0.165 e. The number of thioether (sulfide) groups is 1. The number of Topliss-reactive ketones (excluding diaryl/α,β-unsaturated/α-hetero) is 1. The molecule has 0 aromatic heterocycles. The van der Waals surface area contributed by atoms with Crippen molar-refractivity contribution in [3.8, 4) is 0 Å². The van der Waals surface area contributed by atoms with Gasteiger partial charge in [-0.15, -0.1) is 11.8 Å². The van der Waals surface area contributed by atoms with Crippen molar-refractivity contribution >= 4 is 17.5 Å². The third-order valence-electron chi connectivity index (χ3n) is 2.44. The van der Waals surface area contributed by atoms with Crippen LogP contribution in [-0.2, 0) is 0 Å². The number of ketones is 1. The third-order valence-corrected chi connectivity index (χ3v) is 3.44. The molecular weight excluding hydrogens is 204 g/mol. The van der Waals surface area contributed by atoms with Gasteiger partial charge in [0.1, 0.15) is 0 Å². The van der Waals surface area contributed by atoms with Gasteiger partial charge in [0.25, 0.3) is 0 Å². The SMILES string of the molecule is CC(C)Sc1cccc(C(=O)C2CC2)c1. The van der Waals surface area contributed by atoms with Gasteiger partial charge in [0, 0.05) is 21.6 Å². The molecule has 0 heterocycles. The van der Waals surface area contributed by atoms with Crippen LogP contribution in [0, 0.1) is 5.92 Å². The minimum Gasteiger partial charge on any atom is -0.294 e. The Balaban J connectivity index is 2.14. The van der Waals surface area contributed by atoms with E-state index in [9.17, 15) is 4.79 Å². The van der Waals surface area contributed by atoms with E-state index in [1.54, 1.807) is 0 Å². The number of benzene rings is 1. The zero-order valence-corrected chi connectivity index (χ0v) is 10.0. The van der Waals surface area contributed by atoms with Gasteiger partial charge in [-0.05, 0) is 25.0 Å². The maximum absolute atomic E-state index is 11.8. The van der Waals surface area contributed by atoms with E-state index in [0.29, 0.717) is 17.0 Å². The Morgan fingerprint density at radius 1 is 1.40 bits per heavy atom. The molecule has 1 fully saturated rings. The summed E-state index contributed by atoms with van der Waals surface area (Å²) >= 11 is 1.81. The van der Waals surface area contributed by atoms with Crippen LogP contribution in [0.4, 0.5) is 0 Å². The van der Waals surface area contributed by atoms with Crippen molar-refractivity contribution in [3.05, 3.63) is 29.8 Å². The average Bonchev–Trinajstić information content (AvgIpc) is 2.99. The Hall–Kier alpha value is -0.760. The molecular formula is C13H16OS. The Morgan fingerprint density at radius 2 is 2.13 bits per heavy atom. The summed E-state index contributed by atoms with van der Waals surface area (Å²) in [4.78, 5) is 13.0. The van der Waals surface area contributed by atoms with Gasteiger partial charge in [-0.2, -0.15) is 0 Å². The summed E-state index contributed by atoms with van der Waals surface area (Å²) in [6.45, 7) is 4.33. The van der Waals surface area contributed by atoms with Crippen LogP contribution >= 0.6 is 11.8 Å². The third kappa shape index (κ3) is 2.85. The van der Waals surface area contributed by atoms with Crippen LogP contribution in [0.15, 0.2) is 29.2 Å². The molecule has 80 valence electrons. The van der Waals surface area contributed by atoms with E-state index in [1.165, 1.54) is 4.90 Å². The van der Waals surface area contributed by atoms with Gasteiger partial charge in [0.2, 0.25) is 0 Å². The Bertz CT molecular complexity index is 367. The number of hydrogen-bond donors (Lipinski definition) is 0. The van der Waals surface area contributed by atoms with E-state index in [4.69, 9.17) is 0 Å². The van der Waals surface area contributed by atoms with Crippen LogP contribution in [0.5, 0.6) is 0 Å². The number of hydrogen-bond acceptors (Lipinski definition) is 2. The minimum atomic E-state index is 0.323. The molecule has 1 aromatic carbocycles. The van der Waals surface area contributed by atoms with Crippen molar-refractivity contribution in [1.82, 2.24) is 0 Å². The van der Waals surface area contributed by atoms with Gasteiger partial charge in [-0.1, -0.05) is 26.0 Å². The van der Waals surface area contributed by atoms with E-state index in [1.807, 2.05) is 30.0 Å². The van der Waals surface area contributed by atoms with E-state index < -0.39 is 0 Å². The standard InChI is InChI=1S/C13H16OS/c1-9(2)15-12-5-3-4-11(8-12)13(14)10-6-7-10/h3-5,8-10H,6-7H2,1-2H3. The first-order valence-electron chi connectivity index (χ1n) is 5.48. The van der Waals surface area contributed by atoms with E-state index in [2.05, 4.69) is 19.9 Å². The normalized spacial score (nSPS) is 15.7. The molecule has 0 aliphatic heterocycles. The van der Waals surface area contributed by atoms with Crippen molar-refractivity contribution in [3.63, 3.8) is 0 Å². The second-order valence-electron chi connectivity index (χ2n) is 4.33. The summed E-state index contributed by atoms with van der Waals surface area (Å²) in [7, 11) is 0. The Kier molecular flexibility index (Phi) is 3.15. The lowest BCUT2D eigenvalue weighted by atomic mass is 10.1. The Morgan fingerprint density at radius 3 is 2.73 bits per heavy atom. The summed E-state index contributed by atoms with van der Waals surface area (Å²) in [5.41, 5.74) is 0.892. The number of rotatable bonds is 4. The molecule has 1 saturated carbocycles. The quantitative estimate of drug-likeness (QED) is 0.567. The molecule has 2 heteroatoms. The van der Waals surface area contributed by atoms with Crippen LogP contribution in [0.3, 0.4) is 0 Å². The fourth-order valence-corrected chi connectivity index (χ4v) is 2.47. The molecule has 2 rings (SSSR count). The zero-order chi connectivity index (χ0) is 10.8. The maximum atomic E-state index is 11.8. The molecule has 1 nitrogen and oxygen atoms in total. The number of carbonyl (C=O) groups excluding carboxylic acids is 1. The van der Waals surface area contributed by atoms with Gasteiger partial charge in [-0.3, -0.25) is 4.79 Å². The monoisotopic (exact) mass is 220 g/mol. The first-order valence-corrected chi connectivity index (χ1v) is 6.35. The van der Waals surface area contributed by atoms with Gasteiger partial charge < -0.3 is 0 Å². The summed E-state index contributed by atoms with van der Waals surface area (Å²) in [5, 5.41) is 0.566. The fraction of sp³-hybridized carbons (Fsp3) is 0.462. The molecule has 15 heavy (non-hydrogen) atoms. The first-order chi connectivity index (χ1) is 7.16. The molecule has 0 spiro atoms. The van der Waals surface area contributed by atoms with Gasteiger partial charge >= 0.3 is 0 Å². The highest BCUT2D eigenvalue weighted by Crippen LogP contribution is 2.33. The summed E-state index contributed by atoms with van der Waals surface area (Å²) < 4.78 is 0. The van der Waals surface area contributed by atoms with Crippen molar-refractivity contribution in [2.45, 2.75) is 36.8 Å². The second-order valence-corrected chi connectivity index (χ2v) is 5.98. The molecule has 0 saturated heterocycles. The minimum absolute atomic E-state index is 0.323. The molecule has 0 amide bonds. The summed E-state index contributed by atoms with van der Waals surface area (Å²) in [6, 6.07) is 8.03. The first kappa shape index (κ1) is 10.7. The highest BCUT2D eigenvalue weighted by atomic mass is 32.2. The topological polar surface area (TPSA) is 17.1 Å². The summed E-state index contributed by atoms with van der Waals surface area (Å²) in [6.07, 6.45) is 2.17. The van der Waals surface area contributed by atoms with Crippen LogP contribution in [0.2, 0.25) is 0 Å². The predicted molar refractivity (Wildman–Crippen MR) is 64.5 cm³/mol. The predicted octanol–water partition coefficient (Wildman–Crippen LogP) is 3.78. The highest BCUT2D eigenvalue weighted by Gasteiger charge is 2.30. The molecule has 0 bridgehead atoms. The van der Waals surface area contributed by atoms with Crippen molar-refractivity contribution < 1.29 is 4.79 Å². The lowest BCUT2D eigenvalue weighted by molar-refractivity contribution is 0.0967. The van der Waals surface area contributed by atoms with Crippen LogP contribution < -0.4 is 0 Å². The molecule has 0 atom stereocenters. The molecule has 1 aliphatic carbocycles. The van der Waals surface area contributed by atoms with Crippen LogP contribution in [0.25, 0.3) is 0 Å². The largest absolute Gasteiger partial charge is 0.294 e. The van der Waals surface area contributed by atoms with Crippen LogP contribution in [-0.4, -0.2) is 11.0 Å². The molecule has 0 unspecified atom stereocenters. The molecule has 1 aromatic rings. The second kappa shape index (κ2) is 4.40. The fourth-order valence-electron chi connectivity index (χ4n) is 1.58. The highest BCUT2D eigenvalue weighted by molar-refractivity contribution is 7.99. The van der Waals surface area contributed by atoms with Crippen LogP contribution in [0.1, 0.15) is 37.0 Å². The maximum Gasteiger partial charge on any atom is 0.165 e. The van der Waals surface area contributed by atoms with E-state index in [-0.39, 0.29) is 0 Å². The number of carbonyl (C=O) groups is 1. The van der Waals surface area contributed by atoms with Gasteiger partial charge in [-0.25, -0.2) is 0 Å². The van der Waals surface area contributed by atoms with Crippen molar-refractivity contribution in [2.24, 2.45) is 5.92 Å². The summed E-state index contributed by atoms with van der Waals surface area (Å²) in [5.74, 6) is 0.658. The van der Waals surface area contributed by atoms with E-state index in [0.717, 1.165) is 18.4 Å². The lowest BCUT2D eigenvalue weighted by Crippen LogP contribution is -2.01. The molecule has 1 aliphatic rings.